The minimum Gasteiger partial charge on any atom is -0.466 e. The van der Waals surface area contributed by atoms with E-state index in [1.165, 1.54) is 36.9 Å². The molecule has 24 heavy (non-hydrogen) atoms. The van der Waals surface area contributed by atoms with Crippen LogP contribution in [0.2, 0.25) is 0 Å². The summed E-state index contributed by atoms with van der Waals surface area (Å²) in [7, 11) is 2.73. The fourth-order valence-corrected chi connectivity index (χ4v) is 7.50. The average Bonchev–Trinajstić information content (AvgIpc) is 3.29. The Kier molecular flexibility index (Phi) is 4.29. The fraction of sp³-hybridized carbons (Fsp3) is 0.556. The summed E-state index contributed by atoms with van der Waals surface area (Å²) in [6.07, 6.45) is 6.26. The summed E-state index contributed by atoms with van der Waals surface area (Å²) in [6.45, 7) is 0. The smallest absolute Gasteiger partial charge is 0.335 e. The summed E-state index contributed by atoms with van der Waals surface area (Å²) in [5.41, 5.74) is 3.64. The van der Waals surface area contributed by atoms with Crippen LogP contribution in [0.1, 0.15) is 12.8 Å². The SMILES string of the molecule is COC(=O)C1=C(C(=O)OC)[C@H]2C=C[C@H]1C2=C1C[C@@H]2SCCS[C@@H]2C1. The molecule has 0 amide bonds. The molecule has 3 aliphatic carbocycles. The third-order valence-electron chi connectivity index (χ3n) is 5.35. The molecular formula is C18H20O4S2. The number of carbonyl (C=O) groups excluding carboxylic acids is 2. The molecule has 1 heterocycles. The summed E-state index contributed by atoms with van der Waals surface area (Å²) in [5, 5.41) is 1.35. The van der Waals surface area contributed by atoms with Gasteiger partial charge in [-0.25, -0.2) is 9.59 Å². The van der Waals surface area contributed by atoms with Gasteiger partial charge in [-0.15, -0.1) is 0 Å². The molecule has 2 fully saturated rings. The number of rotatable bonds is 2. The second-order valence-electron chi connectivity index (χ2n) is 6.44. The van der Waals surface area contributed by atoms with Crippen LogP contribution in [0.15, 0.2) is 34.4 Å². The van der Waals surface area contributed by atoms with Gasteiger partial charge in [0.25, 0.3) is 0 Å². The summed E-state index contributed by atoms with van der Waals surface area (Å²) in [5.74, 6) is 1.40. The molecule has 0 aromatic heterocycles. The van der Waals surface area contributed by atoms with Gasteiger partial charge in [-0.05, 0) is 18.4 Å². The zero-order valence-electron chi connectivity index (χ0n) is 13.7. The Morgan fingerprint density at radius 2 is 1.38 bits per heavy atom. The number of methoxy groups -OCH3 is 2. The maximum absolute atomic E-state index is 12.3. The van der Waals surface area contributed by atoms with E-state index >= 15 is 0 Å². The molecule has 0 aromatic rings. The van der Waals surface area contributed by atoms with Crippen LogP contribution in [0.5, 0.6) is 0 Å². The molecule has 2 bridgehead atoms. The van der Waals surface area contributed by atoms with Gasteiger partial charge < -0.3 is 9.47 Å². The molecule has 0 aromatic carbocycles. The van der Waals surface area contributed by atoms with Crippen molar-refractivity contribution in [3.8, 4) is 0 Å². The van der Waals surface area contributed by atoms with Crippen LogP contribution in [0, 0.1) is 11.8 Å². The first-order valence-electron chi connectivity index (χ1n) is 8.19. The van der Waals surface area contributed by atoms with E-state index in [0.29, 0.717) is 21.6 Å². The van der Waals surface area contributed by atoms with E-state index in [9.17, 15) is 9.59 Å². The van der Waals surface area contributed by atoms with E-state index in [2.05, 4.69) is 23.5 Å². The van der Waals surface area contributed by atoms with Crippen molar-refractivity contribution in [2.75, 3.05) is 25.7 Å². The summed E-state index contributed by atoms with van der Waals surface area (Å²) in [6, 6.07) is 0. The number of carbonyl (C=O) groups is 2. The van der Waals surface area contributed by atoms with Crippen LogP contribution in [0.25, 0.3) is 0 Å². The molecule has 6 heteroatoms. The number of hydrogen-bond acceptors (Lipinski definition) is 6. The van der Waals surface area contributed by atoms with Gasteiger partial charge in [-0.2, -0.15) is 23.5 Å². The van der Waals surface area contributed by atoms with Gasteiger partial charge in [0, 0.05) is 33.8 Å². The molecule has 1 aliphatic heterocycles. The molecule has 128 valence electrons. The number of fused-ring (bicyclic) bond motifs is 3. The van der Waals surface area contributed by atoms with Crippen molar-refractivity contribution in [1.82, 2.24) is 0 Å². The van der Waals surface area contributed by atoms with Gasteiger partial charge >= 0.3 is 11.9 Å². The van der Waals surface area contributed by atoms with E-state index in [4.69, 9.17) is 9.47 Å². The highest BCUT2D eigenvalue weighted by molar-refractivity contribution is 8.07. The van der Waals surface area contributed by atoms with Crippen molar-refractivity contribution in [3.05, 3.63) is 34.4 Å². The van der Waals surface area contributed by atoms with Crippen LogP contribution >= 0.6 is 23.5 Å². The normalized spacial score (nSPS) is 33.9. The maximum atomic E-state index is 12.3. The lowest BCUT2D eigenvalue weighted by atomic mass is 9.93. The van der Waals surface area contributed by atoms with E-state index in [1.807, 2.05) is 12.2 Å². The fourth-order valence-electron chi connectivity index (χ4n) is 4.39. The molecular weight excluding hydrogens is 344 g/mol. The highest BCUT2D eigenvalue weighted by Gasteiger charge is 2.49. The number of esters is 2. The van der Waals surface area contributed by atoms with Gasteiger partial charge in [0.2, 0.25) is 0 Å². The molecule has 1 saturated heterocycles. The Balaban J connectivity index is 1.72. The standard InChI is InChI=1S/C18H20O4S2/c1-21-17(19)15-10-3-4-11(16(15)18(20)22-2)14(10)9-7-12-13(8-9)24-6-5-23-12/h3-4,10-13H,5-8H2,1-2H3/t10-,11-,12-,13+/m0/s1. The number of hydrogen-bond donors (Lipinski definition) is 0. The summed E-state index contributed by atoms with van der Waals surface area (Å²) < 4.78 is 9.90. The lowest BCUT2D eigenvalue weighted by Gasteiger charge is -2.23. The zero-order valence-corrected chi connectivity index (χ0v) is 15.4. The number of thioether (sulfide) groups is 2. The van der Waals surface area contributed by atoms with E-state index < -0.39 is 11.9 Å². The largest absolute Gasteiger partial charge is 0.466 e. The van der Waals surface area contributed by atoms with Crippen molar-refractivity contribution in [2.24, 2.45) is 11.8 Å². The molecule has 4 rings (SSSR count). The van der Waals surface area contributed by atoms with Crippen molar-refractivity contribution in [2.45, 2.75) is 23.3 Å². The topological polar surface area (TPSA) is 52.6 Å². The first kappa shape index (κ1) is 16.3. The molecule has 0 unspecified atom stereocenters. The van der Waals surface area contributed by atoms with Crippen molar-refractivity contribution < 1.29 is 19.1 Å². The Morgan fingerprint density at radius 3 is 1.79 bits per heavy atom. The van der Waals surface area contributed by atoms with Gasteiger partial charge in [0.15, 0.2) is 0 Å². The molecule has 4 atom stereocenters. The van der Waals surface area contributed by atoms with Gasteiger partial charge in [0.1, 0.15) is 0 Å². The summed E-state index contributed by atoms with van der Waals surface area (Å²) in [4.78, 5) is 24.6. The van der Waals surface area contributed by atoms with Gasteiger partial charge in [-0.1, -0.05) is 17.7 Å². The first-order chi connectivity index (χ1) is 11.7. The van der Waals surface area contributed by atoms with E-state index in [0.717, 1.165) is 12.8 Å². The third-order valence-corrected chi connectivity index (χ3v) is 8.51. The quantitative estimate of drug-likeness (QED) is 0.555. The van der Waals surface area contributed by atoms with E-state index in [1.54, 1.807) is 0 Å². The van der Waals surface area contributed by atoms with Crippen molar-refractivity contribution in [1.29, 1.82) is 0 Å². The Labute approximate surface area is 150 Å². The predicted molar refractivity (Wildman–Crippen MR) is 95.9 cm³/mol. The second kappa shape index (κ2) is 6.30. The summed E-state index contributed by atoms with van der Waals surface area (Å²) >= 11 is 4.14. The molecule has 1 saturated carbocycles. The Morgan fingerprint density at radius 1 is 0.917 bits per heavy atom. The molecule has 4 aliphatic rings. The lowest BCUT2D eigenvalue weighted by molar-refractivity contribution is -0.139. The molecule has 4 nitrogen and oxygen atoms in total. The third kappa shape index (κ3) is 2.37. The lowest BCUT2D eigenvalue weighted by Crippen LogP contribution is -2.18. The highest BCUT2D eigenvalue weighted by Crippen LogP contribution is 2.54. The van der Waals surface area contributed by atoms with Crippen LogP contribution in [0.4, 0.5) is 0 Å². The van der Waals surface area contributed by atoms with Crippen LogP contribution in [-0.2, 0) is 19.1 Å². The zero-order chi connectivity index (χ0) is 16.8. The van der Waals surface area contributed by atoms with Gasteiger partial charge in [0.05, 0.1) is 25.4 Å². The second-order valence-corrected chi connectivity index (χ2v) is 9.13. The average molecular weight is 364 g/mol. The van der Waals surface area contributed by atoms with E-state index in [-0.39, 0.29) is 11.8 Å². The predicted octanol–water partition coefficient (Wildman–Crippen LogP) is 2.75. The monoisotopic (exact) mass is 364 g/mol. The van der Waals surface area contributed by atoms with Crippen LogP contribution in [0.3, 0.4) is 0 Å². The molecule has 0 spiro atoms. The van der Waals surface area contributed by atoms with Gasteiger partial charge in [-0.3, -0.25) is 0 Å². The van der Waals surface area contributed by atoms with Crippen LogP contribution in [-0.4, -0.2) is 48.2 Å². The van der Waals surface area contributed by atoms with Crippen LogP contribution < -0.4 is 0 Å². The number of ether oxygens (including phenoxy) is 2. The maximum Gasteiger partial charge on any atom is 0.335 e. The Hall–Kier alpha value is -1.14. The molecule has 0 N–H and O–H groups in total. The highest BCUT2D eigenvalue weighted by atomic mass is 32.2. The molecule has 0 radical (unpaired) electrons. The minimum atomic E-state index is -0.412. The number of allylic oxidation sites excluding steroid dienone is 4. The Bertz CT molecular complexity index is 637. The van der Waals surface area contributed by atoms with Crippen molar-refractivity contribution in [3.63, 3.8) is 0 Å². The minimum absolute atomic E-state index is 0.110. The van der Waals surface area contributed by atoms with Crippen molar-refractivity contribution >= 4 is 35.5 Å². The first-order valence-corrected chi connectivity index (χ1v) is 10.3.